The number of aliphatic imine (C=N–C) groups is 1. The van der Waals surface area contributed by atoms with Crippen molar-refractivity contribution in [3.63, 3.8) is 0 Å². The minimum absolute atomic E-state index is 0. The van der Waals surface area contributed by atoms with Crippen LogP contribution >= 0.6 is 24.0 Å². The molecule has 2 saturated carbocycles. The quantitative estimate of drug-likeness (QED) is 0.407. The van der Waals surface area contributed by atoms with Crippen molar-refractivity contribution in [2.75, 3.05) is 32.1 Å². The molecule has 4 rings (SSSR count). The van der Waals surface area contributed by atoms with Gasteiger partial charge in [0, 0.05) is 31.8 Å². The fourth-order valence-electron chi connectivity index (χ4n) is 3.87. The fraction of sp³-hybridized carbons (Fsp3) is 0.632. The minimum Gasteiger partial charge on any atom is -0.490 e. The Labute approximate surface area is 167 Å². The monoisotopic (exact) mass is 457 g/mol. The first-order valence-electron chi connectivity index (χ1n) is 9.16. The number of ether oxygens (including phenoxy) is 2. The molecule has 0 amide bonds. The molecule has 5 nitrogen and oxygen atoms in total. The first kappa shape index (κ1) is 18.6. The number of rotatable bonds is 4. The maximum absolute atomic E-state index is 5.76. The van der Waals surface area contributed by atoms with E-state index < -0.39 is 0 Å². The molecule has 0 bridgehead atoms. The number of benzene rings is 1. The summed E-state index contributed by atoms with van der Waals surface area (Å²) in [5, 5.41) is 6.92. The highest BCUT2D eigenvalue weighted by Crippen LogP contribution is 2.56. The van der Waals surface area contributed by atoms with Crippen molar-refractivity contribution >= 4 is 35.6 Å². The first-order valence-corrected chi connectivity index (χ1v) is 9.16. The average molecular weight is 457 g/mol. The van der Waals surface area contributed by atoms with Gasteiger partial charge in [-0.2, -0.15) is 0 Å². The van der Waals surface area contributed by atoms with E-state index in [0.29, 0.717) is 18.6 Å². The third-order valence-electron chi connectivity index (χ3n) is 5.63. The Morgan fingerprint density at radius 3 is 2.56 bits per heavy atom. The summed E-state index contributed by atoms with van der Waals surface area (Å²) >= 11 is 0. The lowest BCUT2D eigenvalue weighted by molar-refractivity contribution is 0.106. The zero-order valence-corrected chi connectivity index (χ0v) is 17.2. The van der Waals surface area contributed by atoms with Crippen LogP contribution < -0.4 is 20.1 Å². The van der Waals surface area contributed by atoms with E-state index >= 15 is 0 Å². The lowest BCUT2D eigenvalue weighted by atomic mass is 9.65. The molecule has 3 aliphatic rings. The fourth-order valence-corrected chi connectivity index (χ4v) is 3.87. The number of halogens is 1. The van der Waals surface area contributed by atoms with Crippen molar-refractivity contribution in [3.8, 4) is 11.5 Å². The van der Waals surface area contributed by atoms with Gasteiger partial charge in [0.25, 0.3) is 0 Å². The molecule has 0 radical (unpaired) electrons. The Bertz CT molecular complexity index is 627. The molecule has 1 aromatic carbocycles. The van der Waals surface area contributed by atoms with E-state index in [0.717, 1.165) is 42.0 Å². The molecule has 138 valence electrons. The molecule has 1 aliphatic heterocycles. The molecular weight excluding hydrogens is 429 g/mol. The molecule has 1 aromatic rings. The Balaban J connectivity index is 0.00000182. The molecule has 0 aromatic heterocycles. The Morgan fingerprint density at radius 2 is 1.92 bits per heavy atom. The lowest BCUT2D eigenvalue weighted by Crippen LogP contribution is -2.45. The highest BCUT2D eigenvalue weighted by atomic mass is 127. The third kappa shape index (κ3) is 4.15. The SMILES string of the molecule is CN=C(NCC1(C2CC2)CCC1)Nc1ccc2c(c1)OCCCO2.I. The molecule has 0 saturated heterocycles. The summed E-state index contributed by atoms with van der Waals surface area (Å²) in [6.45, 7) is 2.45. The van der Waals surface area contributed by atoms with Gasteiger partial charge in [-0.1, -0.05) is 6.42 Å². The van der Waals surface area contributed by atoms with Gasteiger partial charge >= 0.3 is 0 Å². The van der Waals surface area contributed by atoms with E-state index in [4.69, 9.17) is 9.47 Å². The number of anilines is 1. The second kappa shape index (κ2) is 8.01. The maximum Gasteiger partial charge on any atom is 0.195 e. The number of nitrogens with zero attached hydrogens (tertiary/aromatic N) is 1. The molecule has 2 N–H and O–H groups in total. The molecular formula is C19H28IN3O2. The molecule has 25 heavy (non-hydrogen) atoms. The van der Waals surface area contributed by atoms with Crippen LogP contribution in [-0.2, 0) is 0 Å². The van der Waals surface area contributed by atoms with Crippen LogP contribution in [0.1, 0.15) is 38.5 Å². The van der Waals surface area contributed by atoms with Crippen molar-refractivity contribution in [1.29, 1.82) is 0 Å². The summed E-state index contributed by atoms with van der Waals surface area (Å²) < 4.78 is 11.4. The van der Waals surface area contributed by atoms with E-state index in [-0.39, 0.29) is 24.0 Å². The molecule has 6 heteroatoms. The van der Waals surface area contributed by atoms with Gasteiger partial charge in [-0.25, -0.2) is 0 Å². The molecule has 1 heterocycles. The first-order chi connectivity index (χ1) is 11.8. The van der Waals surface area contributed by atoms with Gasteiger partial charge < -0.3 is 20.1 Å². The summed E-state index contributed by atoms with van der Waals surface area (Å²) in [6.07, 6.45) is 7.86. The van der Waals surface area contributed by atoms with Crippen LogP contribution in [0.3, 0.4) is 0 Å². The van der Waals surface area contributed by atoms with Crippen molar-refractivity contribution in [1.82, 2.24) is 5.32 Å². The predicted molar refractivity (Wildman–Crippen MR) is 111 cm³/mol. The molecule has 0 atom stereocenters. The van der Waals surface area contributed by atoms with Crippen LogP contribution in [0.2, 0.25) is 0 Å². The van der Waals surface area contributed by atoms with E-state index in [9.17, 15) is 0 Å². The van der Waals surface area contributed by atoms with Gasteiger partial charge in [0.2, 0.25) is 0 Å². The Hall–Kier alpha value is -1.18. The van der Waals surface area contributed by atoms with Gasteiger partial charge in [0.1, 0.15) is 0 Å². The summed E-state index contributed by atoms with van der Waals surface area (Å²) in [5.41, 5.74) is 1.50. The normalized spacial score (nSPS) is 21.4. The molecule has 0 unspecified atom stereocenters. The van der Waals surface area contributed by atoms with Crippen LogP contribution in [-0.4, -0.2) is 32.8 Å². The van der Waals surface area contributed by atoms with Gasteiger partial charge in [0.05, 0.1) is 13.2 Å². The Morgan fingerprint density at radius 1 is 1.16 bits per heavy atom. The Kier molecular flexibility index (Phi) is 5.96. The highest BCUT2D eigenvalue weighted by molar-refractivity contribution is 14.0. The van der Waals surface area contributed by atoms with Gasteiger partial charge in [-0.3, -0.25) is 4.99 Å². The van der Waals surface area contributed by atoms with Crippen LogP contribution in [0.4, 0.5) is 5.69 Å². The van der Waals surface area contributed by atoms with Crippen LogP contribution in [0.15, 0.2) is 23.2 Å². The standard InChI is InChI=1S/C19H27N3O2.HI/c1-20-18(21-13-19(8-2-9-19)14-4-5-14)22-15-6-7-16-17(12-15)24-11-3-10-23-16;/h6-7,12,14H,2-5,8-11,13H2,1H3,(H2,20,21,22);1H. The van der Waals surface area contributed by atoms with Crippen molar-refractivity contribution in [3.05, 3.63) is 18.2 Å². The second-order valence-corrected chi connectivity index (χ2v) is 7.25. The summed E-state index contributed by atoms with van der Waals surface area (Å²) in [6, 6.07) is 5.97. The second-order valence-electron chi connectivity index (χ2n) is 7.25. The molecule has 2 aliphatic carbocycles. The average Bonchev–Trinajstić information content (AvgIpc) is 3.39. The number of fused-ring (bicyclic) bond motifs is 1. The topological polar surface area (TPSA) is 54.9 Å². The van der Waals surface area contributed by atoms with Gasteiger partial charge in [0.15, 0.2) is 17.5 Å². The van der Waals surface area contributed by atoms with Crippen LogP contribution in [0.5, 0.6) is 11.5 Å². The summed E-state index contributed by atoms with van der Waals surface area (Å²) in [4.78, 5) is 4.38. The smallest absolute Gasteiger partial charge is 0.195 e. The van der Waals surface area contributed by atoms with Crippen molar-refractivity contribution in [2.24, 2.45) is 16.3 Å². The van der Waals surface area contributed by atoms with E-state index in [1.54, 1.807) is 0 Å². The number of hydrogen-bond acceptors (Lipinski definition) is 3. The number of nitrogens with one attached hydrogen (secondary N) is 2. The predicted octanol–water partition coefficient (Wildman–Crippen LogP) is 4.03. The third-order valence-corrected chi connectivity index (χ3v) is 5.63. The molecule has 0 spiro atoms. The maximum atomic E-state index is 5.76. The number of guanidine groups is 1. The summed E-state index contributed by atoms with van der Waals surface area (Å²) in [7, 11) is 1.82. The molecule has 2 fully saturated rings. The van der Waals surface area contributed by atoms with Crippen molar-refractivity contribution in [2.45, 2.75) is 38.5 Å². The van der Waals surface area contributed by atoms with Gasteiger partial charge in [-0.15, -0.1) is 24.0 Å². The van der Waals surface area contributed by atoms with E-state index in [1.165, 1.54) is 32.1 Å². The number of hydrogen-bond donors (Lipinski definition) is 2. The van der Waals surface area contributed by atoms with Crippen molar-refractivity contribution < 1.29 is 9.47 Å². The zero-order chi connectivity index (χ0) is 16.4. The lowest BCUT2D eigenvalue weighted by Gasteiger charge is -2.43. The van der Waals surface area contributed by atoms with Crippen LogP contribution in [0.25, 0.3) is 0 Å². The van der Waals surface area contributed by atoms with E-state index in [2.05, 4.69) is 15.6 Å². The highest BCUT2D eigenvalue weighted by Gasteiger charge is 2.48. The van der Waals surface area contributed by atoms with Crippen LogP contribution in [0, 0.1) is 11.3 Å². The minimum atomic E-state index is 0. The van der Waals surface area contributed by atoms with Gasteiger partial charge in [-0.05, 0) is 49.1 Å². The van der Waals surface area contributed by atoms with E-state index in [1.807, 2.05) is 25.2 Å². The zero-order valence-electron chi connectivity index (χ0n) is 14.8. The largest absolute Gasteiger partial charge is 0.490 e. The summed E-state index contributed by atoms with van der Waals surface area (Å²) in [5.74, 6) is 3.40.